The summed E-state index contributed by atoms with van der Waals surface area (Å²) in [5.74, 6) is -0.625. The lowest BCUT2D eigenvalue weighted by atomic mass is 9.81. The number of nitrogens with one attached hydrogen (secondary N) is 1. The van der Waals surface area contributed by atoms with Crippen LogP contribution in [0.25, 0.3) is 0 Å². The van der Waals surface area contributed by atoms with Crippen LogP contribution in [0.1, 0.15) is 0 Å². The summed E-state index contributed by atoms with van der Waals surface area (Å²) in [7, 11) is -2.56. The second kappa shape index (κ2) is 5.93. The number of hydrogen-bond donors (Lipinski definition) is 1. The number of ether oxygens (including phenoxy) is 3. The second-order valence-corrected chi connectivity index (χ2v) is 8.59. The summed E-state index contributed by atoms with van der Waals surface area (Å²) in [6.07, 6.45) is 0. The average Bonchev–Trinajstić information content (AvgIpc) is 3.19. The van der Waals surface area contributed by atoms with Crippen LogP contribution in [0, 0.1) is 11.3 Å². The van der Waals surface area contributed by atoms with Crippen molar-refractivity contribution in [2.24, 2.45) is 11.3 Å². The Balaban J connectivity index is 1.65. The maximum absolute atomic E-state index is 13.1. The zero-order chi connectivity index (χ0) is 18.5. The number of benzene rings is 1. The van der Waals surface area contributed by atoms with Crippen molar-refractivity contribution in [1.82, 2.24) is 4.31 Å². The van der Waals surface area contributed by atoms with Gasteiger partial charge in [0.05, 0.1) is 30.9 Å². The number of amides is 1. The van der Waals surface area contributed by atoms with E-state index in [1.54, 1.807) is 0 Å². The molecule has 0 unspecified atom stereocenters. The normalized spacial score (nSPS) is 28.0. The van der Waals surface area contributed by atoms with E-state index in [2.05, 4.69) is 5.32 Å². The van der Waals surface area contributed by atoms with Crippen molar-refractivity contribution in [2.45, 2.75) is 4.90 Å². The van der Waals surface area contributed by atoms with E-state index in [-0.39, 0.29) is 43.0 Å². The molecule has 0 spiro atoms. The van der Waals surface area contributed by atoms with Gasteiger partial charge in [-0.1, -0.05) is 0 Å². The molecule has 10 heteroatoms. The molecule has 2 saturated heterocycles. The van der Waals surface area contributed by atoms with E-state index in [0.717, 1.165) is 0 Å². The van der Waals surface area contributed by atoms with Crippen molar-refractivity contribution < 1.29 is 32.2 Å². The summed E-state index contributed by atoms with van der Waals surface area (Å²) in [6.45, 7) is 0.540. The Hall–Kier alpha value is -2.17. The van der Waals surface area contributed by atoms with E-state index in [4.69, 9.17) is 14.2 Å². The van der Waals surface area contributed by atoms with Crippen molar-refractivity contribution in [1.29, 1.82) is 0 Å². The molecule has 1 amide bonds. The van der Waals surface area contributed by atoms with Crippen LogP contribution < -0.4 is 10.1 Å². The van der Waals surface area contributed by atoms with Crippen molar-refractivity contribution >= 4 is 27.6 Å². The predicted molar refractivity (Wildman–Crippen MR) is 88.1 cm³/mol. The number of carbonyl (C=O) groups is 2. The van der Waals surface area contributed by atoms with Gasteiger partial charge < -0.3 is 19.5 Å². The van der Waals surface area contributed by atoms with Gasteiger partial charge in [-0.2, -0.15) is 4.31 Å². The summed E-state index contributed by atoms with van der Waals surface area (Å²) >= 11 is 0. The Morgan fingerprint density at radius 3 is 3.00 bits per heavy atom. The largest absolute Gasteiger partial charge is 0.482 e. The van der Waals surface area contributed by atoms with E-state index in [0.29, 0.717) is 18.0 Å². The molecule has 26 heavy (non-hydrogen) atoms. The standard InChI is InChI=1S/C16H18N2O7S/c1-23-15(20)16-8-18(5-10(16)6-24-9-16)26(21,22)11-2-3-13-12(4-11)17-14(19)7-25-13/h2-4,10H,5-9H2,1H3,(H,17,19)/t10-,16-/m0/s1. The highest BCUT2D eigenvalue weighted by molar-refractivity contribution is 7.89. The molecule has 3 heterocycles. The third-order valence-electron chi connectivity index (χ3n) is 5.16. The maximum atomic E-state index is 13.1. The Kier molecular flexibility index (Phi) is 3.94. The summed E-state index contributed by atoms with van der Waals surface area (Å²) in [6, 6.07) is 4.32. The number of carbonyl (C=O) groups excluding carboxylic acids is 2. The Labute approximate surface area is 150 Å². The lowest BCUT2D eigenvalue weighted by Crippen LogP contribution is -2.41. The average molecular weight is 382 g/mol. The first kappa shape index (κ1) is 17.3. The van der Waals surface area contributed by atoms with Gasteiger partial charge in [0.2, 0.25) is 10.0 Å². The van der Waals surface area contributed by atoms with Gasteiger partial charge >= 0.3 is 5.97 Å². The van der Waals surface area contributed by atoms with Crippen LogP contribution in [-0.4, -0.2) is 64.6 Å². The summed E-state index contributed by atoms with van der Waals surface area (Å²) in [5, 5.41) is 2.60. The highest BCUT2D eigenvalue weighted by Crippen LogP contribution is 2.44. The monoisotopic (exact) mass is 382 g/mol. The first-order valence-corrected chi connectivity index (χ1v) is 9.54. The summed E-state index contributed by atoms with van der Waals surface area (Å²) < 4.78 is 43.0. The van der Waals surface area contributed by atoms with Crippen LogP contribution in [0.2, 0.25) is 0 Å². The number of methoxy groups -OCH3 is 1. The van der Waals surface area contributed by atoms with Gasteiger partial charge in [-0.3, -0.25) is 9.59 Å². The van der Waals surface area contributed by atoms with Crippen LogP contribution in [-0.2, 0) is 29.1 Å². The second-order valence-electron chi connectivity index (χ2n) is 6.65. The highest BCUT2D eigenvalue weighted by atomic mass is 32.2. The molecule has 4 rings (SSSR count). The minimum absolute atomic E-state index is 0.00656. The van der Waals surface area contributed by atoms with E-state index in [9.17, 15) is 18.0 Å². The summed E-state index contributed by atoms with van der Waals surface area (Å²) in [4.78, 5) is 23.8. The van der Waals surface area contributed by atoms with Gasteiger partial charge in [0.25, 0.3) is 5.91 Å². The molecule has 1 aromatic rings. The van der Waals surface area contributed by atoms with Gasteiger partial charge in [-0.05, 0) is 18.2 Å². The Bertz CT molecular complexity index is 885. The van der Waals surface area contributed by atoms with Crippen LogP contribution in [0.4, 0.5) is 5.69 Å². The SMILES string of the molecule is COC(=O)[C@@]12COC[C@@H]1CN(S(=O)(=O)c1ccc3c(c1)NC(=O)CO3)C2. The number of anilines is 1. The number of esters is 1. The van der Waals surface area contributed by atoms with E-state index in [1.807, 2.05) is 0 Å². The van der Waals surface area contributed by atoms with Crippen molar-refractivity contribution in [3.05, 3.63) is 18.2 Å². The molecule has 140 valence electrons. The lowest BCUT2D eigenvalue weighted by Gasteiger charge is -2.24. The summed E-state index contributed by atoms with van der Waals surface area (Å²) in [5.41, 5.74) is -0.652. The number of nitrogens with zero attached hydrogens (tertiary/aromatic N) is 1. The number of hydrogen-bond acceptors (Lipinski definition) is 7. The smallest absolute Gasteiger partial charge is 0.315 e. The zero-order valence-corrected chi connectivity index (χ0v) is 14.9. The molecule has 0 bridgehead atoms. The molecule has 9 nitrogen and oxygen atoms in total. The third-order valence-corrected chi connectivity index (χ3v) is 6.96. The Morgan fingerprint density at radius 1 is 1.42 bits per heavy atom. The quantitative estimate of drug-likeness (QED) is 0.723. The maximum Gasteiger partial charge on any atom is 0.315 e. The van der Waals surface area contributed by atoms with E-state index in [1.165, 1.54) is 29.6 Å². The fourth-order valence-electron chi connectivity index (χ4n) is 3.74. The van der Waals surface area contributed by atoms with Crippen LogP contribution >= 0.6 is 0 Å². The molecule has 0 aliphatic carbocycles. The Morgan fingerprint density at radius 2 is 2.23 bits per heavy atom. The van der Waals surface area contributed by atoms with E-state index >= 15 is 0 Å². The lowest BCUT2D eigenvalue weighted by molar-refractivity contribution is -0.153. The highest BCUT2D eigenvalue weighted by Gasteiger charge is 2.59. The number of rotatable bonds is 3. The molecular formula is C16H18N2O7S. The van der Waals surface area contributed by atoms with Crippen molar-refractivity contribution in [3.8, 4) is 5.75 Å². The fraction of sp³-hybridized carbons (Fsp3) is 0.500. The van der Waals surface area contributed by atoms with E-state index < -0.39 is 21.4 Å². The topological polar surface area (TPSA) is 111 Å². The minimum atomic E-state index is -3.85. The molecule has 1 N–H and O–H groups in total. The van der Waals surface area contributed by atoms with Crippen LogP contribution in [0.3, 0.4) is 0 Å². The van der Waals surface area contributed by atoms with Gasteiger partial charge in [-0.25, -0.2) is 8.42 Å². The van der Waals surface area contributed by atoms with Crippen molar-refractivity contribution in [2.75, 3.05) is 45.3 Å². The molecule has 2 fully saturated rings. The predicted octanol–water partition coefficient (Wildman–Crippen LogP) is -0.172. The molecular weight excluding hydrogens is 364 g/mol. The first-order chi connectivity index (χ1) is 12.4. The van der Waals surface area contributed by atoms with Gasteiger partial charge in [-0.15, -0.1) is 0 Å². The number of fused-ring (bicyclic) bond motifs is 2. The minimum Gasteiger partial charge on any atom is -0.482 e. The molecule has 2 atom stereocenters. The first-order valence-electron chi connectivity index (χ1n) is 8.10. The van der Waals surface area contributed by atoms with Gasteiger partial charge in [0.15, 0.2) is 6.61 Å². The molecule has 3 aliphatic heterocycles. The fourth-order valence-corrected chi connectivity index (χ4v) is 5.32. The molecule has 0 radical (unpaired) electrons. The van der Waals surface area contributed by atoms with Gasteiger partial charge in [0.1, 0.15) is 11.2 Å². The van der Waals surface area contributed by atoms with Gasteiger partial charge in [0, 0.05) is 19.0 Å². The zero-order valence-electron chi connectivity index (χ0n) is 14.1. The van der Waals surface area contributed by atoms with Crippen LogP contribution in [0.15, 0.2) is 23.1 Å². The molecule has 0 saturated carbocycles. The molecule has 1 aromatic carbocycles. The third kappa shape index (κ3) is 2.48. The molecule has 0 aromatic heterocycles. The van der Waals surface area contributed by atoms with Crippen LogP contribution in [0.5, 0.6) is 5.75 Å². The number of sulfonamides is 1. The molecule has 3 aliphatic rings. The van der Waals surface area contributed by atoms with Crippen molar-refractivity contribution in [3.63, 3.8) is 0 Å².